The number of methoxy groups -OCH3 is 1. The maximum atomic E-state index is 11.8. The highest BCUT2D eigenvalue weighted by molar-refractivity contribution is 5.49. The van der Waals surface area contributed by atoms with E-state index >= 15 is 0 Å². The molecule has 0 bridgehead atoms. The predicted molar refractivity (Wildman–Crippen MR) is 41.9 cm³/mol. The molecule has 2 N–H and O–H groups in total. The molecule has 0 atom stereocenters. The fraction of sp³-hybridized carbons (Fsp3) is 0.286. The van der Waals surface area contributed by atoms with Crippen LogP contribution in [0.25, 0.3) is 0 Å². The second-order valence-electron chi connectivity index (χ2n) is 2.30. The van der Waals surface area contributed by atoms with Crippen molar-refractivity contribution < 1.29 is 22.6 Å². The smallest absolute Gasteiger partial charge is 0.481 e. The Morgan fingerprint density at radius 2 is 2.00 bits per heavy atom. The number of alkyl halides is 3. The van der Waals surface area contributed by atoms with Gasteiger partial charge in [0.25, 0.3) is 0 Å². The molecule has 0 unspecified atom stereocenters. The van der Waals surface area contributed by atoms with Crippen molar-refractivity contribution in [2.45, 2.75) is 6.36 Å². The Labute approximate surface area is 77.4 Å². The van der Waals surface area contributed by atoms with Crippen LogP contribution in [0.15, 0.2) is 12.1 Å². The number of pyridine rings is 1. The van der Waals surface area contributed by atoms with Gasteiger partial charge < -0.3 is 15.2 Å². The van der Waals surface area contributed by atoms with Crippen LogP contribution < -0.4 is 15.2 Å². The summed E-state index contributed by atoms with van der Waals surface area (Å²) in [7, 11) is 1.27. The number of nitrogens with zero attached hydrogens (tertiary/aromatic N) is 1. The second kappa shape index (κ2) is 3.60. The van der Waals surface area contributed by atoms with Gasteiger partial charge in [-0.2, -0.15) is 4.98 Å². The third-order valence-electron chi connectivity index (χ3n) is 1.29. The summed E-state index contributed by atoms with van der Waals surface area (Å²) in [5, 5.41) is 0. The maximum Gasteiger partial charge on any atom is 0.574 e. The standard InChI is InChI=1S/C7H7F3N2O2/c1-13-5-3-2-4(11)6(12-5)14-7(8,9)10/h2-3H,11H2,1H3. The number of rotatable bonds is 2. The van der Waals surface area contributed by atoms with Crippen molar-refractivity contribution in [3.8, 4) is 11.8 Å². The molecule has 0 saturated heterocycles. The minimum absolute atomic E-state index is 0.00144. The van der Waals surface area contributed by atoms with Crippen LogP contribution in [0.5, 0.6) is 11.8 Å². The van der Waals surface area contributed by atoms with Gasteiger partial charge in [0.1, 0.15) is 0 Å². The van der Waals surface area contributed by atoms with Crippen molar-refractivity contribution in [3.63, 3.8) is 0 Å². The van der Waals surface area contributed by atoms with Gasteiger partial charge in [-0.1, -0.05) is 0 Å². The van der Waals surface area contributed by atoms with E-state index in [0.29, 0.717) is 0 Å². The van der Waals surface area contributed by atoms with Crippen LogP contribution in [0.3, 0.4) is 0 Å². The van der Waals surface area contributed by atoms with Gasteiger partial charge in [-0.25, -0.2) is 0 Å². The van der Waals surface area contributed by atoms with Gasteiger partial charge in [0.15, 0.2) is 0 Å². The van der Waals surface area contributed by atoms with E-state index in [4.69, 9.17) is 5.73 Å². The lowest BCUT2D eigenvalue weighted by atomic mass is 10.4. The Morgan fingerprint density at radius 3 is 2.50 bits per heavy atom. The Hall–Kier alpha value is -1.66. The highest BCUT2D eigenvalue weighted by Crippen LogP contribution is 2.27. The van der Waals surface area contributed by atoms with Crippen LogP contribution in [-0.4, -0.2) is 18.5 Å². The van der Waals surface area contributed by atoms with E-state index in [1.165, 1.54) is 19.2 Å². The van der Waals surface area contributed by atoms with Crippen LogP contribution in [0.4, 0.5) is 18.9 Å². The van der Waals surface area contributed by atoms with Crippen molar-refractivity contribution in [1.82, 2.24) is 4.98 Å². The van der Waals surface area contributed by atoms with E-state index in [9.17, 15) is 13.2 Å². The van der Waals surface area contributed by atoms with Gasteiger partial charge in [-0.05, 0) is 6.07 Å². The molecule has 0 aromatic carbocycles. The van der Waals surface area contributed by atoms with Crippen LogP contribution in [0, 0.1) is 0 Å². The molecule has 1 aromatic rings. The Bertz CT molecular complexity index is 327. The first-order valence-corrected chi connectivity index (χ1v) is 3.48. The fourth-order valence-corrected chi connectivity index (χ4v) is 0.739. The number of nitrogens with two attached hydrogens (primary N) is 1. The molecule has 1 heterocycles. The van der Waals surface area contributed by atoms with Gasteiger partial charge in [-0.3, -0.25) is 0 Å². The third kappa shape index (κ3) is 2.68. The number of nitrogen functional groups attached to an aromatic ring is 1. The van der Waals surface area contributed by atoms with Crippen molar-refractivity contribution in [2.24, 2.45) is 0 Å². The van der Waals surface area contributed by atoms with Gasteiger partial charge >= 0.3 is 6.36 Å². The van der Waals surface area contributed by atoms with E-state index in [1.807, 2.05) is 0 Å². The minimum atomic E-state index is -4.81. The Morgan fingerprint density at radius 1 is 1.36 bits per heavy atom. The van der Waals surface area contributed by atoms with Crippen LogP contribution in [0.1, 0.15) is 0 Å². The molecule has 0 fully saturated rings. The average molecular weight is 208 g/mol. The molecule has 0 aliphatic rings. The van der Waals surface area contributed by atoms with Gasteiger partial charge in [0.05, 0.1) is 12.8 Å². The minimum Gasteiger partial charge on any atom is -0.481 e. The van der Waals surface area contributed by atoms with E-state index in [2.05, 4.69) is 14.5 Å². The predicted octanol–water partition coefficient (Wildman–Crippen LogP) is 1.57. The second-order valence-corrected chi connectivity index (χ2v) is 2.30. The van der Waals surface area contributed by atoms with Crippen molar-refractivity contribution in [3.05, 3.63) is 12.1 Å². The van der Waals surface area contributed by atoms with Gasteiger partial charge in [0, 0.05) is 6.07 Å². The summed E-state index contributed by atoms with van der Waals surface area (Å²) in [6.45, 7) is 0. The molecule has 4 nitrogen and oxygen atoms in total. The quantitative estimate of drug-likeness (QED) is 0.801. The van der Waals surface area contributed by atoms with E-state index < -0.39 is 12.2 Å². The molecule has 14 heavy (non-hydrogen) atoms. The van der Waals surface area contributed by atoms with Crippen LogP contribution in [0.2, 0.25) is 0 Å². The fourth-order valence-electron chi connectivity index (χ4n) is 0.739. The molecule has 0 amide bonds. The number of anilines is 1. The number of ether oxygens (including phenoxy) is 2. The topological polar surface area (TPSA) is 57.4 Å². The molecule has 1 aromatic heterocycles. The highest BCUT2D eigenvalue weighted by Gasteiger charge is 2.32. The summed E-state index contributed by atoms with van der Waals surface area (Å²) in [5.41, 5.74) is 5.00. The SMILES string of the molecule is COc1ccc(N)c(OC(F)(F)F)n1. The summed E-state index contributed by atoms with van der Waals surface area (Å²) in [6, 6.07) is 2.55. The number of hydrogen-bond acceptors (Lipinski definition) is 4. The van der Waals surface area contributed by atoms with E-state index in [0.717, 1.165) is 0 Å². The van der Waals surface area contributed by atoms with Crippen molar-refractivity contribution in [1.29, 1.82) is 0 Å². The number of aromatic nitrogens is 1. The zero-order chi connectivity index (χ0) is 10.8. The van der Waals surface area contributed by atoms with Gasteiger partial charge in [0.2, 0.25) is 11.8 Å². The molecule has 0 saturated carbocycles. The molecule has 0 radical (unpaired) electrons. The lowest BCUT2D eigenvalue weighted by molar-refractivity contribution is -0.275. The van der Waals surface area contributed by atoms with Crippen LogP contribution >= 0.6 is 0 Å². The zero-order valence-electron chi connectivity index (χ0n) is 7.13. The molecular formula is C7H7F3N2O2. The Balaban J connectivity index is 2.95. The monoisotopic (exact) mass is 208 g/mol. The number of hydrogen-bond donors (Lipinski definition) is 1. The summed E-state index contributed by atoms with van der Waals surface area (Å²) in [5.74, 6) is -0.713. The molecule has 0 spiro atoms. The van der Waals surface area contributed by atoms with E-state index in [-0.39, 0.29) is 11.6 Å². The summed E-state index contributed by atoms with van der Waals surface area (Å²) in [6.07, 6.45) is -4.81. The zero-order valence-corrected chi connectivity index (χ0v) is 7.13. The molecule has 7 heteroatoms. The lowest BCUT2D eigenvalue weighted by Gasteiger charge is -2.10. The summed E-state index contributed by atoms with van der Waals surface area (Å²) >= 11 is 0. The third-order valence-corrected chi connectivity index (χ3v) is 1.29. The highest BCUT2D eigenvalue weighted by atomic mass is 19.4. The molecule has 0 aliphatic heterocycles. The van der Waals surface area contributed by atoms with E-state index in [1.54, 1.807) is 0 Å². The maximum absolute atomic E-state index is 11.8. The normalized spacial score (nSPS) is 11.1. The molecular weight excluding hydrogens is 201 g/mol. The Kier molecular flexibility index (Phi) is 2.68. The average Bonchev–Trinajstić information content (AvgIpc) is 2.06. The van der Waals surface area contributed by atoms with Crippen molar-refractivity contribution in [2.75, 3.05) is 12.8 Å². The van der Waals surface area contributed by atoms with Gasteiger partial charge in [-0.15, -0.1) is 13.2 Å². The largest absolute Gasteiger partial charge is 0.574 e. The molecule has 0 aliphatic carbocycles. The first-order chi connectivity index (χ1) is 6.42. The number of halogens is 3. The first kappa shape index (κ1) is 10.4. The first-order valence-electron chi connectivity index (χ1n) is 3.48. The summed E-state index contributed by atoms with van der Waals surface area (Å²) < 4.78 is 43.6. The lowest BCUT2D eigenvalue weighted by Crippen LogP contribution is -2.19. The molecule has 1 rings (SSSR count). The van der Waals surface area contributed by atoms with Crippen molar-refractivity contribution >= 4 is 5.69 Å². The van der Waals surface area contributed by atoms with Crippen LogP contribution in [-0.2, 0) is 0 Å². The summed E-state index contributed by atoms with van der Waals surface area (Å²) in [4.78, 5) is 3.39. The molecule has 78 valence electrons.